The lowest BCUT2D eigenvalue weighted by atomic mass is 9.93. The van der Waals surface area contributed by atoms with Gasteiger partial charge in [0.05, 0.1) is 0 Å². The lowest BCUT2D eigenvalue weighted by molar-refractivity contribution is -0.118. The summed E-state index contributed by atoms with van der Waals surface area (Å²) in [7, 11) is -3.72. The van der Waals surface area contributed by atoms with E-state index in [1.165, 1.54) is 18.2 Å². The molecule has 0 aromatic carbocycles. The summed E-state index contributed by atoms with van der Waals surface area (Å²) in [5.41, 5.74) is -0.243. The smallest absolute Gasteiger partial charge is 0.247 e. The maximum Gasteiger partial charge on any atom is 0.247 e. The minimum absolute atomic E-state index is 0.227. The highest BCUT2D eigenvalue weighted by atomic mass is 32.2. The highest BCUT2D eigenvalue weighted by molar-refractivity contribution is 7.91. The molecule has 0 saturated carbocycles. The number of amides is 1. The van der Waals surface area contributed by atoms with Gasteiger partial charge in [0, 0.05) is 24.6 Å². The zero-order valence-corrected chi connectivity index (χ0v) is 15.2. The summed E-state index contributed by atoms with van der Waals surface area (Å²) < 4.78 is 30.4. The summed E-state index contributed by atoms with van der Waals surface area (Å²) in [6.45, 7) is 9.65. The number of hydrogen-bond donors (Lipinski definition) is 1. The topological polar surface area (TPSA) is 92.5 Å². The lowest BCUT2D eigenvalue weighted by Crippen LogP contribution is -2.51. The number of anilines is 1. The average Bonchev–Trinajstić information content (AvgIpc) is 3.08. The van der Waals surface area contributed by atoms with Crippen molar-refractivity contribution in [1.82, 2.24) is 9.46 Å². The maximum atomic E-state index is 12.7. The van der Waals surface area contributed by atoms with Gasteiger partial charge in [0.1, 0.15) is 5.76 Å². The number of rotatable bonds is 4. The average molecular weight is 343 g/mol. The van der Waals surface area contributed by atoms with Crippen molar-refractivity contribution in [3.63, 3.8) is 0 Å². The quantitative estimate of drug-likeness (QED) is 0.904. The van der Waals surface area contributed by atoms with E-state index in [1.54, 1.807) is 6.07 Å². The predicted molar refractivity (Wildman–Crippen MR) is 87.6 cm³/mol. The minimum Gasteiger partial charge on any atom is -0.359 e. The lowest BCUT2D eigenvalue weighted by Gasteiger charge is -2.28. The van der Waals surface area contributed by atoms with Crippen molar-refractivity contribution in [1.29, 1.82) is 0 Å². The van der Waals surface area contributed by atoms with Crippen LogP contribution in [0.2, 0.25) is 0 Å². The number of sulfonamides is 1. The standard InChI is InChI=1S/C15H25N3O4S/c1-14(2,3)11-10-12(17-22-11)16-13(19)15(4,5)23(20,21)18-8-6-7-9-18/h10H,6-9H2,1-5H3,(H,16,17,19). The van der Waals surface area contributed by atoms with Crippen molar-refractivity contribution >= 4 is 21.7 Å². The van der Waals surface area contributed by atoms with Crippen molar-refractivity contribution in [3.05, 3.63) is 11.8 Å². The van der Waals surface area contributed by atoms with Gasteiger partial charge in [-0.05, 0) is 26.7 Å². The molecule has 0 aliphatic carbocycles. The van der Waals surface area contributed by atoms with E-state index in [-0.39, 0.29) is 11.2 Å². The first kappa shape index (κ1) is 17.9. The van der Waals surface area contributed by atoms with Gasteiger partial charge in [0.15, 0.2) is 10.6 Å². The molecule has 7 nitrogen and oxygen atoms in total. The van der Waals surface area contributed by atoms with Crippen molar-refractivity contribution < 1.29 is 17.7 Å². The molecule has 1 aromatic rings. The van der Waals surface area contributed by atoms with Gasteiger partial charge in [-0.2, -0.15) is 0 Å². The second kappa shape index (κ2) is 5.90. The van der Waals surface area contributed by atoms with Crippen LogP contribution in [0.1, 0.15) is 53.2 Å². The van der Waals surface area contributed by atoms with Crippen LogP contribution in [0.4, 0.5) is 5.82 Å². The summed E-state index contributed by atoms with van der Waals surface area (Å²) in [5.74, 6) is 0.232. The van der Waals surface area contributed by atoms with E-state index in [0.29, 0.717) is 18.8 Å². The Morgan fingerprint density at radius 3 is 2.26 bits per heavy atom. The van der Waals surface area contributed by atoms with Crippen LogP contribution < -0.4 is 5.32 Å². The summed E-state index contributed by atoms with van der Waals surface area (Å²) in [6.07, 6.45) is 1.66. The molecule has 1 saturated heterocycles. The van der Waals surface area contributed by atoms with Gasteiger partial charge < -0.3 is 9.84 Å². The van der Waals surface area contributed by atoms with Crippen LogP contribution in [0.3, 0.4) is 0 Å². The van der Waals surface area contributed by atoms with Crippen molar-refractivity contribution in [2.75, 3.05) is 18.4 Å². The molecule has 8 heteroatoms. The molecule has 1 aliphatic heterocycles. The number of hydrogen-bond acceptors (Lipinski definition) is 5. The fraction of sp³-hybridized carbons (Fsp3) is 0.733. The monoisotopic (exact) mass is 343 g/mol. The molecule has 0 unspecified atom stereocenters. The molecular weight excluding hydrogens is 318 g/mol. The van der Waals surface area contributed by atoms with Crippen LogP contribution in [0.25, 0.3) is 0 Å². The van der Waals surface area contributed by atoms with Crippen LogP contribution in [0, 0.1) is 0 Å². The molecule has 1 fully saturated rings. The molecular formula is C15H25N3O4S. The third-order valence-electron chi connectivity index (χ3n) is 4.09. The van der Waals surface area contributed by atoms with Crippen LogP contribution in [-0.4, -0.2) is 41.6 Å². The third-order valence-corrected chi connectivity index (χ3v) is 6.61. The van der Waals surface area contributed by atoms with Gasteiger partial charge in [-0.1, -0.05) is 25.9 Å². The molecule has 2 rings (SSSR count). The SMILES string of the molecule is CC(C)(C)c1cc(NC(=O)C(C)(C)S(=O)(=O)N2CCCC2)no1. The Balaban J connectivity index is 2.17. The minimum atomic E-state index is -3.72. The Labute approximate surface area is 137 Å². The van der Waals surface area contributed by atoms with Crippen molar-refractivity contribution in [2.24, 2.45) is 0 Å². The molecule has 0 spiro atoms. The number of aromatic nitrogens is 1. The van der Waals surface area contributed by atoms with E-state index < -0.39 is 20.7 Å². The van der Waals surface area contributed by atoms with Gasteiger partial charge in [0.25, 0.3) is 0 Å². The number of carbonyl (C=O) groups excluding carboxylic acids is 1. The number of carbonyl (C=O) groups is 1. The van der Waals surface area contributed by atoms with Gasteiger partial charge in [0.2, 0.25) is 15.9 Å². The first-order valence-corrected chi connectivity index (χ1v) is 9.18. The Kier molecular flexibility index (Phi) is 4.60. The Morgan fingerprint density at radius 2 is 1.78 bits per heavy atom. The van der Waals surface area contributed by atoms with Gasteiger partial charge in [-0.3, -0.25) is 4.79 Å². The first-order valence-electron chi connectivity index (χ1n) is 7.74. The maximum absolute atomic E-state index is 12.7. The van der Waals surface area contributed by atoms with Crippen LogP contribution in [0.5, 0.6) is 0 Å². The van der Waals surface area contributed by atoms with E-state index in [4.69, 9.17) is 4.52 Å². The van der Waals surface area contributed by atoms with Crippen LogP contribution in [0.15, 0.2) is 10.6 Å². The molecule has 0 bridgehead atoms. The molecule has 0 atom stereocenters. The number of nitrogens with zero attached hydrogens (tertiary/aromatic N) is 2. The second-order valence-electron chi connectivity index (χ2n) is 7.40. The zero-order chi connectivity index (χ0) is 17.5. The van der Waals surface area contributed by atoms with Crippen molar-refractivity contribution in [2.45, 2.75) is 57.6 Å². The molecule has 0 radical (unpaired) electrons. The summed E-state index contributed by atoms with van der Waals surface area (Å²) in [6, 6.07) is 1.62. The molecule has 1 aliphatic rings. The van der Waals surface area contributed by atoms with Crippen molar-refractivity contribution in [3.8, 4) is 0 Å². The highest BCUT2D eigenvalue weighted by Gasteiger charge is 2.46. The molecule has 2 heterocycles. The van der Waals surface area contributed by atoms with Gasteiger partial charge in [-0.25, -0.2) is 12.7 Å². The predicted octanol–water partition coefficient (Wildman–Crippen LogP) is 2.11. The largest absolute Gasteiger partial charge is 0.359 e. The number of nitrogens with one attached hydrogen (secondary N) is 1. The summed E-state index contributed by atoms with van der Waals surface area (Å²) in [5, 5.41) is 6.35. The van der Waals surface area contributed by atoms with E-state index >= 15 is 0 Å². The first-order chi connectivity index (χ1) is 10.5. The third kappa shape index (κ3) is 3.42. The van der Waals surface area contributed by atoms with E-state index in [0.717, 1.165) is 12.8 Å². The summed E-state index contributed by atoms with van der Waals surface area (Å²) in [4.78, 5) is 12.5. The normalized spacial score (nSPS) is 17.4. The Morgan fingerprint density at radius 1 is 1.22 bits per heavy atom. The second-order valence-corrected chi connectivity index (χ2v) is 9.89. The fourth-order valence-corrected chi connectivity index (χ4v) is 3.99. The molecule has 1 N–H and O–H groups in total. The molecule has 23 heavy (non-hydrogen) atoms. The van der Waals surface area contributed by atoms with E-state index in [2.05, 4.69) is 10.5 Å². The molecule has 130 valence electrons. The summed E-state index contributed by atoms with van der Waals surface area (Å²) >= 11 is 0. The Bertz CT molecular complexity index is 680. The van der Waals surface area contributed by atoms with E-state index in [1.807, 2.05) is 20.8 Å². The molecule has 1 aromatic heterocycles. The van der Waals surface area contributed by atoms with Crippen LogP contribution >= 0.6 is 0 Å². The fourth-order valence-electron chi connectivity index (χ4n) is 2.32. The van der Waals surface area contributed by atoms with Gasteiger partial charge in [-0.15, -0.1) is 0 Å². The molecule has 1 amide bonds. The van der Waals surface area contributed by atoms with Crippen LogP contribution in [-0.2, 0) is 20.2 Å². The van der Waals surface area contributed by atoms with E-state index in [9.17, 15) is 13.2 Å². The highest BCUT2D eigenvalue weighted by Crippen LogP contribution is 2.28. The van der Waals surface area contributed by atoms with Gasteiger partial charge >= 0.3 is 0 Å². The Hall–Kier alpha value is -1.41. The zero-order valence-electron chi connectivity index (χ0n) is 14.3.